The normalized spacial score (nSPS) is 13.5. The molecule has 0 aliphatic carbocycles. The Balaban J connectivity index is 0.00000235. The Morgan fingerprint density at radius 1 is 1.11 bits per heavy atom. The molecule has 5 N–H and O–H groups in total. The highest BCUT2D eigenvalue weighted by Gasteiger charge is 2.36. The number of amides is 1. The van der Waals surface area contributed by atoms with E-state index in [0.29, 0.717) is 17.8 Å². The first-order chi connectivity index (χ1) is 17.3. The van der Waals surface area contributed by atoms with E-state index in [-0.39, 0.29) is 23.5 Å². The van der Waals surface area contributed by atoms with Crippen molar-refractivity contribution in [1.29, 1.82) is 0 Å². The topological polar surface area (TPSA) is 158 Å². The third-order valence-corrected chi connectivity index (χ3v) is 6.46. The van der Waals surface area contributed by atoms with Gasteiger partial charge in [-0.15, -0.1) is 0 Å². The Kier molecular flexibility index (Phi) is 9.27. The van der Waals surface area contributed by atoms with Crippen LogP contribution >= 0.6 is 0 Å². The Morgan fingerprint density at radius 2 is 1.73 bits per heavy atom. The van der Waals surface area contributed by atoms with Gasteiger partial charge in [-0.1, -0.05) is 54.2 Å². The number of pyridine rings is 1. The quantitative estimate of drug-likeness (QED) is 0.228. The monoisotopic (exact) mass is 506 g/mol. The number of nitrogen functional groups attached to an aromatic ring is 1. The van der Waals surface area contributed by atoms with Crippen LogP contribution in [0.25, 0.3) is 11.3 Å². The lowest BCUT2D eigenvalue weighted by Crippen LogP contribution is -2.43. The summed E-state index contributed by atoms with van der Waals surface area (Å²) in [7, 11) is 0. The van der Waals surface area contributed by atoms with E-state index in [1.807, 2.05) is 60.6 Å². The summed E-state index contributed by atoms with van der Waals surface area (Å²) in [6, 6.07) is 3.76. The molecule has 0 fully saturated rings. The standard InChI is InChI=1S/C25H32N8O2.C2H6/c1-15(2)25(6,19-7-8-20(28-12-19)17-9-29-23(27)30-10-17)22(26)32-21(35)18-11-31-33(13-18)14-24(4,5)16(3)34;1-2/h7-13,15,34H,3,14H2,1-2,4-6H3,(H2,26,32,35)(H2,27,29,30);1-2H3. The Hall–Kier alpha value is -4.08. The molecule has 198 valence electrons. The number of nitrogens with zero attached hydrogens (tertiary/aromatic N) is 6. The fraction of sp³-hybridized carbons (Fsp3) is 0.407. The zero-order valence-electron chi connectivity index (χ0n) is 22.7. The van der Waals surface area contributed by atoms with Crippen LogP contribution in [0.1, 0.15) is 64.4 Å². The van der Waals surface area contributed by atoms with Crippen LogP contribution in [-0.2, 0) is 12.0 Å². The van der Waals surface area contributed by atoms with E-state index in [4.69, 9.17) is 11.5 Å². The van der Waals surface area contributed by atoms with E-state index in [1.165, 1.54) is 6.20 Å². The van der Waals surface area contributed by atoms with Crippen LogP contribution in [0.5, 0.6) is 0 Å². The molecule has 0 saturated heterocycles. The first kappa shape index (κ1) is 29.2. The van der Waals surface area contributed by atoms with Crippen LogP contribution in [-0.4, -0.2) is 41.6 Å². The summed E-state index contributed by atoms with van der Waals surface area (Å²) in [5, 5.41) is 14.0. The maximum absolute atomic E-state index is 12.9. The Bertz CT molecular complexity index is 1240. The van der Waals surface area contributed by atoms with Crippen molar-refractivity contribution in [2.45, 2.75) is 60.4 Å². The molecule has 3 aromatic heterocycles. The van der Waals surface area contributed by atoms with Gasteiger partial charge in [0.2, 0.25) is 5.95 Å². The highest BCUT2D eigenvalue weighted by molar-refractivity contribution is 6.05. The van der Waals surface area contributed by atoms with E-state index in [0.717, 1.165) is 11.1 Å². The lowest BCUT2D eigenvalue weighted by molar-refractivity contribution is 0.100. The van der Waals surface area contributed by atoms with Crippen molar-refractivity contribution in [1.82, 2.24) is 24.7 Å². The highest BCUT2D eigenvalue weighted by atomic mass is 16.3. The van der Waals surface area contributed by atoms with E-state index < -0.39 is 16.7 Å². The molecule has 10 nitrogen and oxygen atoms in total. The van der Waals surface area contributed by atoms with Crippen LogP contribution in [0.2, 0.25) is 0 Å². The summed E-state index contributed by atoms with van der Waals surface area (Å²) >= 11 is 0. The first-order valence-corrected chi connectivity index (χ1v) is 12.2. The SMILES string of the molecule is C=C(O)C(C)(C)Cn1cc(C(=O)N=C(N)C(C)(c2ccc(-c3cnc(N)nc3)nc2)C(C)C)cn1.CC. The second kappa shape index (κ2) is 11.8. The van der Waals surface area contributed by atoms with Crippen molar-refractivity contribution in [3.8, 4) is 11.3 Å². The number of aliphatic hydroxyl groups excluding tert-OH is 1. The van der Waals surface area contributed by atoms with E-state index in [1.54, 1.807) is 29.5 Å². The number of carbonyl (C=O) groups excluding carboxylic acids is 1. The number of aliphatic imine (C=N–C) groups is 1. The summed E-state index contributed by atoms with van der Waals surface area (Å²) in [5.74, 6) is -0.0610. The van der Waals surface area contributed by atoms with Crippen LogP contribution in [0, 0.1) is 11.3 Å². The lowest BCUT2D eigenvalue weighted by Gasteiger charge is -2.33. The molecule has 0 radical (unpaired) electrons. The van der Waals surface area contributed by atoms with Gasteiger partial charge in [0.1, 0.15) is 5.84 Å². The number of amidine groups is 1. The van der Waals surface area contributed by atoms with Crippen molar-refractivity contribution < 1.29 is 9.90 Å². The van der Waals surface area contributed by atoms with Gasteiger partial charge in [0.15, 0.2) is 0 Å². The summed E-state index contributed by atoms with van der Waals surface area (Å²) in [4.78, 5) is 29.7. The number of aliphatic hydroxyl groups is 1. The van der Waals surface area contributed by atoms with Crippen LogP contribution in [0.4, 0.5) is 5.95 Å². The summed E-state index contributed by atoms with van der Waals surface area (Å²) in [6.07, 6.45) is 7.96. The minimum atomic E-state index is -0.745. The maximum atomic E-state index is 12.9. The second-order valence-electron chi connectivity index (χ2n) is 9.68. The van der Waals surface area contributed by atoms with E-state index in [2.05, 4.69) is 31.6 Å². The van der Waals surface area contributed by atoms with Gasteiger partial charge in [-0.3, -0.25) is 14.5 Å². The molecule has 0 saturated carbocycles. The van der Waals surface area contributed by atoms with Crippen molar-refractivity contribution in [3.63, 3.8) is 0 Å². The predicted molar refractivity (Wildman–Crippen MR) is 147 cm³/mol. The second-order valence-corrected chi connectivity index (χ2v) is 9.68. The van der Waals surface area contributed by atoms with Gasteiger partial charge >= 0.3 is 0 Å². The number of carbonyl (C=O) groups is 1. The van der Waals surface area contributed by atoms with Gasteiger partial charge < -0.3 is 16.6 Å². The molecule has 3 rings (SSSR count). The molecule has 3 heterocycles. The molecule has 0 aliphatic rings. The molecule has 1 amide bonds. The first-order valence-electron chi connectivity index (χ1n) is 12.2. The van der Waals surface area contributed by atoms with Crippen molar-refractivity contribution >= 4 is 17.7 Å². The molecule has 1 atom stereocenters. The number of aromatic nitrogens is 5. The van der Waals surface area contributed by atoms with Gasteiger partial charge in [-0.2, -0.15) is 10.1 Å². The van der Waals surface area contributed by atoms with E-state index in [9.17, 15) is 9.90 Å². The molecule has 37 heavy (non-hydrogen) atoms. The zero-order chi connectivity index (χ0) is 28.0. The van der Waals surface area contributed by atoms with Gasteiger partial charge in [0.25, 0.3) is 5.91 Å². The summed E-state index contributed by atoms with van der Waals surface area (Å²) in [5.41, 5.74) is 13.2. The van der Waals surface area contributed by atoms with Crippen molar-refractivity contribution in [3.05, 3.63) is 66.6 Å². The number of anilines is 1. The van der Waals surface area contributed by atoms with Gasteiger partial charge in [0, 0.05) is 35.8 Å². The van der Waals surface area contributed by atoms with Gasteiger partial charge in [-0.25, -0.2) is 9.97 Å². The van der Waals surface area contributed by atoms with Gasteiger partial charge in [0.05, 0.1) is 35.2 Å². The number of hydrogen-bond acceptors (Lipinski definition) is 7. The number of hydrogen-bond donors (Lipinski definition) is 3. The van der Waals surface area contributed by atoms with Gasteiger partial charge in [-0.05, 0) is 24.5 Å². The predicted octanol–water partition coefficient (Wildman–Crippen LogP) is 4.55. The molecular weight excluding hydrogens is 468 g/mol. The largest absolute Gasteiger partial charge is 0.512 e. The lowest BCUT2D eigenvalue weighted by atomic mass is 9.73. The molecule has 1 unspecified atom stereocenters. The number of allylic oxidation sites excluding steroid dienone is 1. The molecule has 0 aliphatic heterocycles. The highest BCUT2D eigenvalue weighted by Crippen LogP contribution is 2.33. The average Bonchev–Trinajstić information content (AvgIpc) is 3.33. The molecule has 3 aromatic rings. The Morgan fingerprint density at radius 3 is 2.24 bits per heavy atom. The van der Waals surface area contributed by atoms with Crippen LogP contribution in [0.15, 0.2) is 60.4 Å². The third kappa shape index (κ3) is 6.58. The summed E-state index contributed by atoms with van der Waals surface area (Å²) < 4.78 is 1.57. The molecular formula is C27H38N8O2. The molecule has 10 heteroatoms. The fourth-order valence-electron chi connectivity index (χ4n) is 3.47. The zero-order valence-corrected chi connectivity index (χ0v) is 22.7. The van der Waals surface area contributed by atoms with Crippen molar-refractivity contribution in [2.24, 2.45) is 22.1 Å². The van der Waals surface area contributed by atoms with E-state index >= 15 is 0 Å². The molecule has 0 spiro atoms. The maximum Gasteiger partial charge on any atom is 0.281 e. The molecule has 0 aromatic carbocycles. The fourth-order valence-corrected chi connectivity index (χ4v) is 3.47. The van der Waals surface area contributed by atoms with Crippen molar-refractivity contribution in [2.75, 3.05) is 5.73 Å². The summed E-state index contributed by atoms with van der Waals surface area (Å²) in [6.45, 7) is 17.6. The van der Waals surface area contributed by atoms with Crippen LogP contribution in [0.3, 0.4) is 0 Å². The number of nitrogens with two attached hydrogens (primary N) is 2. The number of rotatable bonds is 8. The smallest absolute Gasteiger partial charge is 0.281 e. The van der Waals surface area contributed by atoms with Crippen LogP contribution < -0.4 is 11.5 Å². The minimum Gasteiger partial charge on any atom is -0.512 e. The third-order valence-electron chi connectivity index (χ3n) is 6.46. The average molecular weight is 507 g/mol. The Labute approximate surface area is 218 Å². The minimum absolute atomic E-state index is 0.0191. The molecule has 0 bridgehead atoms.